The molecule has 1 fully saturated rings. The van der Waals surface area contributed by atoms with Crippen LogP contribution >= 0.6 is 11.6 Å². The van der Waals surface area contributed by atoms with Crippen LogP contribution in [0.5, 0.6) is 0 Å². The van der Waals surface area contributed by atoms with Crippen molar-refractivity contribution in [2.24, 2.45) is 5.92 Å². The molecule has 1 saturated heterocycles. The molecule has 2 rings (SSSR count). The van der Waals surface area contributed by atoms with E-state index in [4.69, 9.17) is 16.3 Å². The molecule has 2 heterocycles. The Kier molecular flexibility index (Phi) is 3.97. The molecule has 0 aliphatic carbocycles. The number of ether oxygens (including phenoxy) is 1. The topological polar surface area (TPSA) is 42.4 Å². The van der Waals surface area contributed by atoms with Crippen LogP contribution in [0.2, 0.25) is 5.15 Å². The van der Waals surface area contributed by atoms with E-state index in [0.717, 1.165) is 31.7 Å². The smallest absolute Gasteiger partial charge is 0.310 e. The van der Waals surface area contributed by atoms with Gasteiger partial charge in [0.1, 0.15) is 5.15 Å². The van der Waals surface area contributed by atoms with Gasteiger partial charge >= 0.3 is 5.97 Å². The van der Waals surface area contributed by atoms with Gasteiger partial charge in [-0.2, -0.15) is 0 Å². The normalized spacial score (nSPS) is 20.5. The quantitative estimate of drug-likeness (QED) is 0.609. The molecule has 1 aliphatic heterocycles. The van der Waals surface area contributed by atoms with Crippen molar-refractivity contribution in [3.63, 3.8) is 0 Å². The fraction of sp³-hybridized carbons (Fsp3) is 0.500. The van der Waals surface area contributed by atoms with Crippen molar-refractivity contribution >= 4 is 17.6 Å². The first-order chi connectivity index (χ1) is 8.19. The summed E-state index contributed by atoms with van der Waals surface area (Å²) in [5.41, 5.74) is 0.933. The highest BCUT2D eigenvalue weighted by Crippen LogP contribution is 2.19. The van der Waals surface area contributed by atoms with Crippen LogP contribution in [0.4, 0.5) is 0 Å². The summed E-state index contributed by atoms with van der Waals surface area (Å²) in [6, 6.07) is 5.59. The van der Waals surface area contributed by atoms with Crippen LogP contribution in [0.1, 0.15) is 12.1 Å². The molecule has 1 atom stereocenters. The SMILES string of the molecule is COC(=O)C1CCN(Cc2cccc(Cl)n2)C1. The van der Waals surface area contributed by atoms with E-state index in [1.165, 1.54) is 7.11 Å². The van der Waals surface area contributed by atoms with Crippen molar-refractivity contribution in [2.45, 2.75) is 13.0 Å². The van der Waals surface area contributed by atoms with E-state index in [1.807, 2.05) is 12.1 Å². The Balaban J connectivity index is 1.92. The van der Waals surface area contributed by atoms with Crippen LogP contribution in [-0.4, -0.2) is 36.1 Å². The number of hydrogen-bond acceptors (Lipinski definition) is 4. The number of carbonyl (C=O) groups excluding carboxylic acids is 1. The Bertz CT molecular complexity index is 411. The molecule has 1 aromatic rings. The molecule has 0 radical (unpaired) electrons. The predicted molar refractivity (Wildman–Crippen MR) is 64.6 cm³/mol. The molecule has 17 heavy (non-hydrogen) atoms. The lowest BCUT2D eigenvalue weighted by Gasteiger charge is -2.14. The van der Waals surface area contributed by atoms with Gasteiger partial charge in [-0.05, 0) is 25.1 Å². The molecule has 0 amide bonds. The number of nitrogens with zero attached hydrogens (tertiary/aromatic N) is 2. The zero-order valence-corrected chi connectivity index (χ0v) is 10.5. The van der Waals surface area contributed by atoms with Gasteiger partial charge in [-0.1, -0.05) is 17.7 Å². The maximum atomic E-state index is 11.4. The summed E-state index contributed by atoms with van der Waals surface area (Å²) in [6.07, 6.45) is 0.854. The maximum absolute atomic E-state index is 11.4. The summed E-state index contributed by atoms with van der Waals surface area (Å²) in [7, 11) is 1.43. The Morgan fingerprint density at radius 3 is 3.18 bits per heavy atom. The third-order valence-electron chi connectivity index (χ3n) is 2.97. The molecule has 0 N–H and O–H groups in total. The first kappa shape index (κ1) is 12.3. The number of halogens is 1. The highest BCUT2D eigenvalue weighted by Gasteiger charge is 2.28. The molecule has 0 saturated carbocycles. The van der Waals surface area contributed by atoms with Gasteiger partial charge < -0.3 is 4.74 Å². The summed E-state index contributed by atoms with van der Waals surface area (Å²) < 4.78 is 4.75. The minimum absolute atomic E-state index is 0.000755. The molecule has 1 aromatic heterocycles. The molecule has 0 aromatic carbocycles. The van der Waals surface area contributed by atoms with Crippen molar-refractivity contribution in [3.8, 4) is 0 Å². The lowest BCUT2D eigenvalue weighted by molar-refractivity contribution is -0.144. The van der Waals surface area contributed by atoms with Crippen LogP contribution in [0.25, 0.3) is 0 Å². The number of hydrogen-bond donors (Lipinski definition) is 0. The van der Waals surface area contributed by atoms with Gasteiger partial charge in [0, 0.05) is 13.1 Å². The maximum Gasteiger partial charge on any atom is 0.310 e. The fourth-order valence-corrected chi connectivity index (χ4v) is 2.28. The van der Waals surface area contributed by atoms with E-state index in [2.05, 4.69) is 9.88 Å². The van der Waals surface area contributed by atoms with Gasteiger partial charge in [-0.15, -0.1) is 0 Å². The Hall–Kier alpha value is -1.13. The van der Waals surface area contributed by atoms with Crippen LogP contribution in [0, 0.1) is 5.92 Å². The van der Waals surface area contributed by atoms with E-state index in [-0.39, 0.29) is 11.9 Å². The zero-order valence-electron chi connectivity index (χ0n) is 9.73. The van der Waals surface area contributed by atoms with Crippen LogP contribution < -0.4 is 0 Å². The van der Waals surface area contributed by atoms with E-state index in [1.54, 1.807) is 6.07 Å². The Labute approximate surface area is 106 Å². The average molecular weight is 255 g/mol. The van der Waals surface area contributed by atoms with Crippen LogP contribution in [0.15, 0.2) is 18.2 Å². The van der Waals surface area contributed by atoms with Crippen molar-refractivity contribution < 1.29 is 9.53 Å². The van der Waals surface area contributed by atoms with Gasteiger partial charge in [0.2, 0.25) is 0 Å². The summed E-state index contributed by atoms with van der Waals surface area (Å²) in [4.78, 5) is 17.8. The number of esters is 1. The minimum Gasteiger partial charge on any atom is -0.469 e. The largest absolute Gasteiger partial charge is 0.469 e. The van der Waals surface area contributed by atoms with E-state index in [0.29, 0.717) is 5.15 Å². The number of rotatable bonds is 3. The predicted octanol–water partition coefficient (Wildman–Crippen LogP) is 1.73. The summed E-state index contributed by atoms with van der Waals surface area (Å²) in [6.45, 7) is 2.36. The van der Waals surface area contributed by atoms with Crippen molar-refractivity contribution in [1.82, 2.24) is 9.88 Å². The second kappa shape index (κ2) is 5.47. The van der Waals surface area contributed by atoms with E-state index in [9.17, 15) is 4.79 Å². The van der Waals surface area contributed by atoms with E-state index >= 15 is 0 Å². The molecule has 0 bridgehead atoms. The monoisotopic (exact) mass is 254 g/mol. The third kappa shape index (κ3) is 3.17. The lowest BCUT2D eigenvalue weighted by Crippen LogP contribution is -2.24. The molecule has 0 spiro atoms. The second-order valence-corrected chi connectivity index (χ2v) is 4.58. The molecule has 4 nitrogen and oxygen atoms in total. The van der Waals surface area contributed by atoms with Gasteiger partial charge in [-0.25, -0.2) is 4.98 Å². The summed E-state index contributed by atoms with van der Waals surface area (Å²) in [5, 5.41) is 0.506. The molecule has 5 heteroatoms. The van der Waals surface area contributed by atoms with Gasteiger partial charge in [-0.3, -0.25) is 9.69 Å². The first-order valence-electron chi connectivity index (χ1n) is 5.60. The Morgan fingerprint density at radius 1 is 1.65 bits per heavy atom. The Morgan fingerprint density at radius 2 is 2.47 bits per heavy atom. The molecule has 1 unspecified atom stereocenters. The van der Waals surface area contributed by atoms with Crippen LogP contribution in [0.3, 0.4) is 0 Å². The van der Waals surface area contributed by atoms with Crippen molar-refractivity contribution in [2.75, 3.05) is 20.2 Å². The van der Waals surface area contributed by atoms with Gasteiger partial charge in [0.05, 0.1) is 18.7 Å². The molecular formula is C12H15ClN2O2. The molecule has 92 valence electrons. The fourth-order valence-electron chi connectivity index (χ4n) is 2.10. The lowest BCUT2D eigenvalue weighted by atomic mass is 10.1. The number of pyridine rings is 1. The zero-order chi connectivity index (χ0) is 12.3. The van der Waals surface area contributed by atoms with Crippen LogP contribution in [-0.2, 0) is 16.1 Å². The van der Waals surface area contributed by atoms with Crippen molar-refractivity contribution in [3.05, 3.63) is 29.0 Å². The highest BCUT2D eigenvalue weighted by molar-refractivity contribution is 6.29. The number of likely N-dealkylation sites (tertiary alicyclic amines) is 1. The molecule has 1 aliphatic rings. The third-order valence-corrected chi connectivity index (χ3v) is 3.18. The minimum atomic E-state index is -0.119. The molecular weight excluding hydrogens is 240 g/mol. The highest BCUT2D eigenvalue weighted by atomic mass is 35.5. The summed E-state index contributed by atoms with van der Waals surface area (Å²) >= 11 is 5.83. The van der Waals surface area contributed by atoms with Crippen molar-refractivity contribution in [1.29, 1.82) is 0 Å². The average Bonchev–Trinajstić information content (AvgIpc) is 2.76. The van der Waals surface area contributed by atoms with E-state index < -0.39 is 0 Å². The van der Waals surface area contributed by atoms with Gasteiger partial charge in [0.25, 0.3) is 0 Å². The summed E-state index contributed by atoms with van der Waals surface area (Å²) in [5.74, 6) is -0.120. The number of carbonyl (C=O) groups is 1. The standard InChI is InChI=1S/C12H15ClN2O2/c1-17-12(16)9-5-6-15(7-9)8-10-3-2-4-11(13)14-10/h2-4,9H,5-8H2,1H3. The second-order valence-electron chi connectivity index (χ2n) is 4.20. The number of methoxy groups -OCH3 is 1. The number of aromatic nitrogens is 1. The first-order valence-corrected chi connectivity index (χ1v) is 5.98. The van der Waals surface area contributed by atoms with Gasteiger partial charge in [0.15, 0.2) is 0 Å².